The van der Waals surface area contributed by atoms with Crippen LogP contribution in [0.15, 0.2) is 103 Å². The lowest BCUT2D eigenvalue weighted by atomic mass is 10.0. The minimum Gasteiger partial charge on any atom is -0.465 e. The summed E-state index contributed by atoms with van der Waals surface area (Å²) in [6, 6.07) is 38.6. The first-order valence-corrected chi connectivity index (χ1v) is 22.3. The number of likely N-dealkylation sites (N-methyl/N-ethyl adjacent to an activating group) is 1. The Kier molecular flexibility index (Phi) is 11.1. The Hall–Kier alpha value is -5.48. The molecule has 1 amide bonds. The van der Waals surface area contributed by atoms with Crippen molar-refractivity contribution in [2.24, 2.45) is 0 Å². The number of amides is 1. The Morgan fingerprint density at radius 1 is 0.862 bits per heavy atom. The molecule has 0 bridgehead atoms. The van der Waals surface area contributed by atoms with Crippen molar-refractivity contribution in [3.63, 3.8) is 0 Å². The maximum atomic E-state index is 12.1. The molecule has 12 heteroatoms. The smallest absolute Gasteiger partial charge is 0.407 e. The van der Waals surface area contributed by atoms with Crippen molar-refractivity contribution in [3.05, 3.63) is 114 Å². The molecule has 4 heterocycles. The normalized spacial score (nSPS) is 20.2. The van der Waals surface area contributed by atoms with Gasteiger partial charge in [-0.05, 0) is 46.8 Å². The van der Waals surface area contributed by atoms with Crippen LogP contribution in [-0.2, 0) is 17.4 Å². The van der Waals surface area contributed by atoms with Gasteiger partial charge in [-0.2, -0.15) is 15.2 Å². The highest BCUT2D eigenvalue weighted by Gasteiger charge is 2.52. The lowest BCUT2D eigenvalue weighted by molar-refractivity contribution is 0.119. The van der Waals surface area contributed by atoms with Gasteiger partial charge in [-0.3, -0.25) is 4.90 Å². The zero-order chi connectivity index (χ0) is 40.4. The second kappa shape index (κ2) is 16.4. The number of aromatic nitrogens is 2. The van der Waals surface area contributed by atoms with Crippen LogP contribution in [0.3, 0.4) is 0 Å². The number of likely N-dealkylation sites (tertiary alicyclic amines) is 1. The van der Waals surface area contributed by atoms with E-state index in [0.717, 1.165) is 48.7 Å². The van der Waals surface area contributed by atoms with E-state index >= 15 is 0 Å². The van der Waals surface area contributed by atoms with Gasteiger partial charge in [0.1, 0.15) is 12.4 Å². The van der Waals surface area contributed by atoms with Crippen molar-refractivity contribution in [3.8, 4) is 12.1 Å². The first-order valence-electron chi connectivity index (χ1n) is 20.4. The number of hydrogen-bond acceptors (Lipinski definition) is 9. The van der Waals surface area contributed by atoms with Gasteiger partial charge in [-0.15, -0.1) is 0 Å². The molecular weight excluding hydrogens is 743 g/mol. The average Bonchev–Trinajstić information content (AvgIpc) is 3.59. The number of nitriles is 1. The van der Waals surface area contributed by atoms with E-state index in [2.05, 4.69) is 152 Å². The third-order valence-electron chi connectivity index (χ3n) is 12.3. The van der Waals surface area contributed by atoms with Gasteiger partial charge in [0.25, 0.3) is 8.32 Å². The Bertz CT molecular complexity index is 2240. The molecule has 58 heavy (non-hydrogen) atoms. The standard InChI is InChI=1S/C46H53N7O4Si/c1-46(2,3)58(37-16-7-5-8-17-37,38-18-9-6-10-19-38)57-36-28-35(50(4)30-36)32-56-44-48-41-31-51(42-21-13-15-33-14-11-12-20-39(33)42)25-23-40(41)43(49-44)52-26-27-53(45(54)55)34(29-52)22-24-47/h5-21,34-36H,22-23,25-32H2,1-4H3,(H,54,55)/t34-,35+,36-/m0/s1. The Morgan fingerprint density at radius 3 is 2.24 bits per heavy atom. The van der Waals surface area contributed by atoms with Gasteiger partial charge in [0.05, 0.1) is 36.9 Å². The second-order valence-corrected chi connectivity index (χ2v) is 21.2. The highest BCUT2D eigenvalue weighted by atomic mass is 28.4. The zero-order valence-corrected chi connectivity index (χ0v) is 34.9. The molecule has 11 nitrogen and oxygen atoms in total. The van der Waals surface area contributed by atoms with E-state index in [-0.39, 0.29) is 23.6 Å². The number of benzene rings is 4. The van der Waals surface area contributed by atoms with Crippen molar-refractivity contribution in [1.82, 2.24) is 19.8 Å². The van der Waals surface area contributed by atoms with Crippen LogP contribution in [0.25, 0.3) is 10.8 Å². The number of anilines is 2. The van der Waals surface area contributed by atoms with Gasteiger partial charge < -0.3 is 29.0 Å². The number of piperazine rings is 1. The van der Waals surface area contributed by atoms with Crippen molar-refractivity contribution < 1.29 is 19.1 Å². The lowest BCUT2D eigenvalue weighted by Gasteiger charge is -2.44. The van der Waals surface area contributed by atoms with Crippen molar-refractivity contribution >= 4 is 47.1 Å². The summed E-state index contributed by atoms with van der Waals surface area (Å²) in [6.45, 7) is 10.6. The summed E-state index contributed by atoms with van der Waals surface area (Å²) in [5, 5.41) is 24.3. The first kappa shape index (κ1) is 39.3. The first-order chi connectivity index (χ1) is 28.1. The number of hydrogen-bond donors (Lipinski definition) is 1. The fraction of sp³-hybridized carbons (Fsp3) is 0.391. The summed E-state index contributed by atoms with van der Waals surface area (Å²) < 4.78 is 14.1. The van der Waals surface area contributed by atoms with Crippen LogP contribution < -0.4 is 24.9 Å². The van der Waals surface area contributed by atoms with Gasteiger partial charge in [0.2, 0.25) is 0 Å². The average molecular weight is 796 g/mol. The quantitative estimate of drug-likeness (QED) is 0.162. The zero-order valence-electron chi connectivity index (χ0n) is 33.9. The molecule has 0 spiro atoms. The molecule has 2 saturated heterocycles. The molecule has 0 aliphatic carbocycles. The van der Waals surface area contributed by atoms with Crippen LogP contribution in [-0.4, -0.2) is 104 Å². The van der Waals surface area contributed by atoms with Gasteiger partial charge in [-0.25, -0.2) is 4.79 Å². The van der Waals surface area contributed by atoms with Gasteiger partial charge >= 0.3 is 12.1 Å². The maximum Gasteiger partial charge on any atom is 0.407 e. The fourth-order valence-corrected chi connectivity index (χ4v) is 14.1. The summed E-state index contributed by atoms with van der Waals surface area (Å²) in [6.07, 6.45) is 0.641. The Morgan fingerprint density at radius 2 is 1.55 bits per heavy atom. The molecule has 1 N–H and O–H groups in total. The van der Waals surface area contributed by atoms with Crippen molar-refractivity contribution in [1.29, 1.82) is 5.26 Å². The van der Waals surface area contributed by atoms with Crippen LogP contribution in [0.4, 0.5) is 16.3 Å². The number of carbonyl (C=O) groups is 1. The highest BCUT2D eigenvalue weighted by Crippen LogP contribution is 2.39. The molecular formula is C46H53N7O4Si. The number of ether oxygens (including phenoxy) is 1. The SMILES string of the molecule is CN1C[C@@H](O[Si](c2ccccc2)(c2ccccc2)C(C)(C)C)C[C@@H]1COc1nc2c(c(N3CCN(C(=O)O)[C@@H](CC#N)C3)n1)CCN(c1cccc3ccccc13)C2. The monoisotopic (exact) mass is 795 g/mol. The van der Waals surface area contributed by atoms with Gasteiger partial charge in [-0.1, -0.05) is 118 Å². The maximum absolute atomic E-state index is 12.1. The number of carboxylic acid groups (broad SMARTS) is 1. The number of fused-ring (bicyclic) bond motifs is 2. The van der Waals surface area contributed by atoms with E-state index in [4.69, 9.17) is 19.1 Å². The van der Waals surface area contributed by atoms with Gasteiger partial charge in [0, 0.05) is 55.4 Å². The summed E-state index contributed by atoms with van der Waals surface area (Å²) >= 11 is 0. The topological polar surface area (TPSA) is 118 Å². The van der Waals surface area contributed by atoms with Crippen molar-refractivity contribution in [2.45, 2.75) is 69.8 Å². The molecule has 3 atom stereocenters. The molecule has 1 aromatic heterocycles. The largest absolute Gasteiger partial charge is 0.465 e. The lowest BCUT2D eigenvalue weighted by Crippen LogP contribution is -2.67. The van der Waals surface area contributed by atoms with E-state index in [1.807, 2.05) is 0 Å². The van der Waals surface area contributed by atoms with Crippen LogP contribution >= 0.6 is 0 Å². The molecule has 3 aliphatic heterocycles. The minimum absolute atomic E-state index is 0.00164. The molecule has 4 aromatic carbocycles. The van der Waals surface area contributed by atoms with E-state index in [1.54, 1.807) is 0 Å². The van der Waals surface area contributed by atoms with Crippen LogP contribution in [0.5, 0.6) is 6.01 Å². The minimum atomic E-state index is -2.74. The molecule has 2 fully saturated rings. The number of nitrogens with zero attached hydrogens (tertiary/aromatic N) is 7. The van der Waals surface area contributed by atoms with E-state index in [1.165, 1.54) is 26.0 Å². The fourth-order valence-electron chi connectivity index (χ4n) is 9.40. The molecule has 5 aromatic rings. The summed E-state index contributed by atoms with van der Waals surface area (Å²) in [5.41, 5.74) is 3.12. The predicted molar refractivity (Wildman–Crippen MR) is 231 cm³/mol. The van der Waals surface area contributed by atoms with E-state index in [9.17, 15) is 15.2 Å². The Balaban J connectivity index is 1.07. The molecule has 300 valence electrons. The molecule has 0 radical (unpaired) electrons. The summed E-state index contributed by atoms with van der Waals surface area (Å²) in [4.78, 5) is 30.5. The van der Waals surface area contributed by atoms with E-state index < -0.39 is 20.5 Å². The van der Waals surface area contributed by atoms with Gasteiger partial charge in [0.15, 0.2) is 0 Å². The molecule has 8 rings (SSSR count). The molecule has 0 unspecified atom stereocenters. The highest BCUT2D eigenvalue weighted by molar-refractivity contribution is 6.99. The summed E-state index contributed by atoms with van der Waals surface area (Å²) in [5.74, 6) is 0.776. The third kappa shape index (κ3) is 7.62. The van der Waals surface area contributed by atoms with Crippen LogP contribution in [0.2, 0.25) is 5.04 Å². The summed E-state index contributed by atoms with van der Waals surface area (Å²) in [7, 11) is -0.602. The molecule has 3 aliphatic rings. The van der Waals surface area contributed by atoms with E-state index in [0.29, 0.717) is 38.8 Å². The molecule has 0 saturated carbocycles. The number of rotatable bonds is 10. The van der Waals surface area contributed by atoms with Crippen LogP contribution in [0.1, 0.15) is 44.9 Å². The van der Waals surface area contributed by atoms with Crippen molar-refractivity contribution in [2.75, 3.05) is 56.2 Å². The second-order valence-electron chi connectivity index (χ2n) is 16.9. The predicted octanol–water partition coefficient (Wildman–Crippen LogP) is 6.30. The Labute approximate surface area is 342 Å². The third-order valence-corrected chi connectivity index (χ3v) is 17.4. The van der Waals surface area contributed by atoms with Crippen LogP contribution in [0, 0.1) is 11.3 Å².